The molecule has 5 nitrogen and oxygen atoms in total. The second-order valence-corrected chi connectivity index (χ2v) is 5.76. The highest BCUT2D eigenvalue weighted by molar-refractivity contribution is 5.94. The molecular weight excluding hydrogens is 321 g/mol. The Morgan fingerprint density at radius 2 is 1.96 bits per heavy atom. The van der Waals surface area contributed by atoms with Crippen molar-refractivity contribution in [2.45, 2.75) is 13.0 Å². The first-order chi connectivity index (χ1) is 12.0. The van der Waals surface area contributed by atoms with E-state index in [0.717, 1.165) is 11.3 Å². The minimum atomic E-state index is -1.10. The van der Waals surface area contributed by atoms with Crippen LogP contribution in [0.5, 0.6) is 0 Å². The highest BCUT2D eigenvalue weighted by atomic mass is 19.1. The first-order valence-corrected chi connectivity index (χ1v) is 7.87. The SMILES string of the molecule is Cc1cnn(-c2ccc(C(=O)NCC(O)c3ccccc3F)cc2)c1. The minimum absolute atomic E-state index is 0.0696. The molecule has 0 saturated heterocycles. The van der Waals surface area contributed by atoms with E-state index in [1.807, 2.05) is 13.1 Å². The number of rotatable bonds is 5. The summed E-state index contributed by atoms with van der Waals surface area (Å²) in [5.41, 5.74) is 2.50. The average molecular weight is 339 g/mol. The quantitative estimate of drug-likeness (QED) is 0.751. The minimum Gasteiger partial charge on any atom is -0.386 e. The van der Waals surface area contributed by atoms with E-state index in [0.29, 0.717) is 5.56 Å². The zero-order chi connectivity index (χ0) is 17.8. The Morgan fingerprint density at radius 3 is 2.60 bits per heavy atom. The number of nitrogens with zero attached hydrogens (tertiary/aromatic N) is 2. The lowest BCUT2D eigenvalue weighted by atomic mass is 10.1. The summed E-state index contributed by atoms with van der Waals surface area (Å²) in [6.07, 6.45) is 2.54. The molecule has 0 aliphatic heterocycles. The van der Waals surface area contributed by atoms with Gasteiger partial charge in [-0.2, -0.15) is 5.10 Å². The molecule has 0 radical (unpaired) electrons. The number of aliphatic hydroxyl groups is 1. The lowest BCUT2D eigenvalue weighted by Crippen LogP contribution is -2.28. The smallest absolute Gasteiger partial charge is 0.251 e. The summed E-state index contributed by atoms with van der Waals surface area (Å²) >= 11 is 0. The van der Waals surface area contributed by atoms with Crippen LogP contribution in [-0.4, -0.2) is 27.3 Å². The van der Waals surface area contributed by atoms with E-state index in [1.54, 1.807) is 47.3 Å². The highest BCUT2D eigenvalue weighted by Crippen LogP contribution is 2.16. The van der Waals surface area contributed by atoms with Crippen molar-refractivity contribution in [3.05, 3.63) is 83.4 Å². The third-order valence-corrected chi connectivity index (χ3v) is 3.83. The van der Waals surface area contributed by atoms with Crippen LogP contribution in [0.15, 0.2) is 60.9 Å². The monoisotopic (exact) mass is 339 g/mol. The average Bonchev–Trinajstić information content (AvgIpc) is 3.06. The molecule has 0 aliphatic carbocycles. The molecule has 2 N–H and O–H groups in total. The molecule has 0 saturated carbocycles. The Labute approximate surface area is 144 Å². The predicted molar refractivity (Wildman–Crippen MR) is 92.0 cm³/mol. The molecule has 1 heterocycles. The van der Waals surface area contributed by atoms with Crippen molar-refractivity contribution in [1.29, 1.82) is 0 Å². The normalized spacial score (nSPS) is 12.0. The summed E-state index contributed by atoms with van der Waals surface area (Å²) < 4.78 is 15.3. The van der Waals surface area contributed by atoms with Crippen LogP contribution in [0.25, 0.3) is 5.69 Å². The van der Waals surface area contributed by atoms with Crippen LogP contribution in [-0.2, 0) is 0 Å². The molecule has 1 aromatic heterocycles. The number of hydrogen-bond acceptors (Lipinski definition) is 3. The molecule has 25 heavy (non-hydrogen) atoms. The van der Waals surface area contributed by atoms with Crippen molar-refractivity contribution in [3.63, 3.8) is 0 Å². The van der Waals surface area contributed by atoms with E-state index in [2.05, 4.69) is 10.4 Å². The van der Waals surface area contributed by atoms with Crippen LogP contribution in [0, 0.1) is 12.7 Å². The van der Waals surface area contributed by atoms with E-state index in [-0.39, 0.29) is 18.0 Å². The maximum atomic E-state index is 13.6. The number of benzene rings is 2. The second kappa shape index (κ2) is 7.27. The van der Waals surface area contributed by atoms with E-state index in [9.17, 15) is 14.3 Å². The Kier molecular flexibility index (Phi) is 4.90. The number of halogens is 1. The van der Waals surface area contributed by atoms with Gasteiger partial charge in [0.2, 0.25) is 0 Å². The summed E-state index contributed by atoms with van der Waals surface area (Å²) in [5.74, 6) is -0.832. The molecule has 2 aromatic carbocycles. The van der Waals surface area contributed by atoms with Gasteiger partial charge in [-0.15, -0.1) is 0 Å². The van der Waals surface area contributed by atoms with Crippen LogP contribution in [0.4, 0.5) is 4.39 Å². The molecule has 1 unspecified atom stereocenters. The van der Waals surface area contributed by atoms with Gasteiger partial charge in [0.15, 0.2) is 0 Å². The van der Waals surface area contributed by atoms with E-state index >= 15 is 0 Å². The molecular formula is C19H18FN3O2. The first kappa shape index (κ1) is 16.9. The summed E-state index contributed by atoms with van der Waals surface area (Å²) in [6.45, 7) is 1.88. The number of amides is 1. The standard InChI is InChI=1S/C19H18FN3O2/c1-13-10-22-23(12-13)15-8-6-14(7-9-15)19(25)21-11-18(24)16-4-2-3-5-17(16)20/h2-10,12,18,24H,11H2,1H3,(H,21,25). The first-order valence-electron chi connectivity index (χ1n) is 7.87. The Balaban J connectivity index is 1.62. The lowest BCUT2D eigenvalue weighted by Gasteiger charge is -2.13. The van der Waals surface area contributed by atoms with Crippen molar-refractivity contribution < 1.29 is 14.3 Å². The third kappa shape index (κ3) is 3.92. The molecule has 6 heteroatoms. The van der Waals surface area contributed by atoms with Gasteiger partial charge in [0.25, 0.3) is 5.91 Å². The number of carbonyl (C=O) groups is 1. The zero-order valence-corrected chi connectivity index (χ0v) is 13.7. The van der Waals surface area contributed by atoms with Crippen LogP contribution in [0.1, 0.15) is 27.6 Å². The Bertz CT molecular complexity index is 874. The van der Waals surface area contributed by atoms with E-state index < -0.39 is 11.9 Å². The summed E-state index contributed by atoms with van der Waals surface area (Å²) in [5, 5.41) is 16.8. The number of nitrogens with one attached hydrogen (secondary N) is 1. The maximum absolute atomic E-state index is 13.6. The van der Waals surface area contributed by atoms with Gasteiger partial charge < -0.3 is 10.4 Å². The van der Waals surface area contributed by atoms with Crippen molar-refractivity contribution in [2.24, 2.45) is 0 Å². The van der Waals surface area contributed by atoms with Gasteiger partial charge in [-0.05, 0) is 42.8 Å². The van der Waals surface area contributed by atoms with E-state index in [1.165, 1.54) is 12.1 Å². The van der Waals surface area contributed by atoms with Gasteiger partial charge in [0, 0.05) is 23.9 Å². The van der Waals surface area contributed by atoms with Crippen LogP contribution in [0.3, 0.4) is 0 Å². The number of aromatic nitrogens is 2. The topological polar surface area (TPSA) is 67.2 Å². The maximum Gasteiger partial charge on any atom is 0.251 e. The molecule has 0 spiro atoms. The largest absolute Gasteiger partial charge is 0.386 e. The van der Waals surface area contributed by atoms with Gasteiger partial charge in [0.05, 0.1) is 18.0 Å². The second-order valence-electron chi connectivity index (χ2n) is 5.76. The predicted octanol–water partition coefficient (Wildman–Crippen LogP) is 2.78. The zero-order valence-electron chi connectivity index (χ0n) is 13.7. The number of hydrogen-bond donors (Lipinski definition) is 2. The fourth-order valence-electron chi connectivity index (χ4n) is 2.47. The highest BCUT2D eigenvalue weighted by Gasteiger charge is 2.14. The fraction of sp³-hybridized carbons (Fsp3) is 0.158. The number of aryl methyl sites for hydroxylation is 1. The van der Waals surface area contributed by atoms with Crippen LogP contribution < -0.4 is 5.32 Å². The number of aliphatic hydroxyl groups excluding tert-OH is 1. The van der Waals surface area contributed by atoms with Crippen LogP contribution in [0.2, 0.25) is 0 Å². The molecule has 128 valence electrons. The van der Waals surface area contributed by atoms with Crippen LogP contribution >= 0.6 is 0 Å². The number of carbonyl (C=O) groups excluding carboxylic acids is 1. The third-order valence-electron chi connectivity index (χ3n) is 3.83. The molecule has 0 fully saturated rings. The summed E-state index contributed by atoms with van der Waals surface area (Å²) in [7, 11) is 0. The molecule has 3 aromatic rings. The Morgan fingerprint density at radius 1 is 1.24 bits per heavy atom. The summed E-state index contributed by atoms with van der Waals surface area (Å²) in [6, 6.07) is 12.9. The van der Waals surface area contributed by atoms with Crippen molar-refractivity contribution in [2.75, 3.05) is 6.54 Å². The molecule has 1 atom stereocenters. The van der Waals surface area contributed by atoms with Gasteiger partial charge in [-0.1, -0.05) is 18.2 Å². The molecule has 0 bridgehead atoms. The van der Waals surface area contributed by atoms with E-state index in [4.69, 9.17) is 0 Å². The van der Waals surface area contributed by atoms with Gasteiger partial charge in [0.1, 0.15) is 5.82 Å². The van der Waals surface area contributed by atoms with Gasteiger partial charge in [-0.3, -0.25) is 4.79 Å². The molecule has 1 amide bonds. The lowest BCUT2D eigenvalue weighted by molar-refractivity contribution is 0.0914. The fourth-order valence-corrected chi connectivity index (χ4v) is 2.47. The van der Waals surface area contributed by atoms with Crippen molar-refractivity contribution >= 4 is 5.91 Å². The summed E-state index contributed by atoms with van der Waals surface area (Å²) in [4.78, 5) is 12.2. The molecule has 0 aliphatic rings. The van der Waals surface area contributed by atoms with Gasteiger partial charge in [-0.25, -0.2) is 9.07 Å². The van der Waals surface area contributed by atoms with Crippen molar-refractivity contribution in [1.82, 2.24) is 15.1 Å². The van der Waals surface area contributed by atoms with Gasteiger partial charge >= 0.3 is 0 Å². The molecule has 3 rings (SSSR count). The van der Waals surface area contributed by atoms with Crippen molar-refractivity contribution in [3.8, 4) is 5.69 Å². The Hall–Kier alpha value is -2.99.